The topological polar surface area (TPSA) is 66.4 Å². The Morgan fingerprint density at radius 1 is 1.14 bits per heavy atom. The lowest BCUT2D eigenvalue weighted by atomic mass is 9.82. The zero-order chi connectivity index (χ0) is 15.0. The summed E-state index contributed by atoms with van der Waals surface area (Å²) in [6, 6.07) is 9.59. The van der Waals surface area contributed by atoms with E-state index in [1.165, 1.54) is 0 Å². The Bertz CT molecular complexity index is 581. The van der Waals surface area contributed by atoms with Gasteiger partial charge < -0.3 is 10.4 Å². The van der Waals surface area contributed by atoms with Crippen LogP contribution in [0.4, 0.5) is 0 Å². The number of hydrogen-bond acceptors (Lipinski definition) is 2. The van der Waals surface area contributed by atoms with Gasteiger partial charge in [-0.05, 0) is 30.7 Å². The molecule has 2 aliphatic carbocycles. The van der Waals surface area contributed by atoms with Crippen molar-refractivity contribution in [3.8, 4) is 0 Å². The Kier molecular flexibility index (Phi) is 3.53. The van der Waals surface area contributed by atoms with Gasteiger partial charge in [0.25, 0.3) is 0 Å². The minimum Gasteiger partial charge on any atom is -0.481 e. The van der Waals surface area contributed by atoms with E-state index in [0.29, 0.717) is 0 Å². The number of carboxylic acid groups (broad SMARTS) is 1. The molecule has 3 rings (SSSR count). The van der Waals surface area contributed by atoms with E-state index in [0.717, 1.165) is 12.0 Å². The molecule has 0 radical (unpaired) electrons. The Balaban J connectivity index is 1.73. The fourth-order valence-corrected chi connectivity index (χ4v) is 3.65. The summed E-state index contributed by atoms with van der Waals surface area (Å²) < 4.78 is 0. The molecule has 0 unspecified atom stereocenters. The summed E-state index contributed by atoms with van der Waals surface area (Å²) in [5, 5.41) is 12.4. The molecule has 1 amide bonds. The van der Waals surface area contributed by atoms with E-state index >= 15 is 0 Å². The standard InChI is InChI=1S/C17H19NO3/c1-10(11-5-3-2-4-6-11)18-16(19)14-12-7-8-13(9-12)15(14)17(20)21/h2-8,10,12-15H,9H2,1H3,(H,18,19)(H,20,21)/t10-,12-,13-,14-,15+/m0/s1. The van der Waals surface area contributed by atoms with Gasteiger partial charge in [-0.3, -0.25) is 9.59 Å². The Morgan fingerprint density at radius 3 is 2.38 bits per heavy atom. The van der Waals surface area contributed by atoms with Gasteiger partial charge in [0.2, 0.25) is 5.91 Å². The van der Waals surface area contributed by atoms with Crippen LogP contribution < -0.4 is 5.32 Å². The van der Waals surface area contributed by atoms with Crippen molar-refractivity contribution < 1.29 is 14.7 Å². The van der Waals surface area contributed by atoms with Crippen LogP contribution in [0, 0.1) is 23.7 Å². The predicted molar refractivity (Wildman–Crippen MR) is 78.4 cm³/mol. The lowest BCUT2D eigenvalue weighted by Crippen LogP contribution is -2.41. The van der Waals surface area contributed by atoms with Crippen LogP contribution in [0.5, 0.6) is 0 Å². The van der Waals surface area contributed by atoms with Gasteiger partial charge >= 0.3 is 5.97 Å². The van der Waals surface area contributed by atoms with Crippen LogP contribution in [0.1, 0.15) is 24.9 Å². The highest BCUT2D eigenvalue weighted by Crippen LogP contribution is 2.48. The SMILES string of the molecule is C[C@H](NC(=O)[C@@H]1[C@H](C(=O)O)[C@H]2C=C[C@H]1C2)c1ccccc1. The van der Waals surface area contributed by atoms with Crippen LogP contribution in [-0.4, -0.2) is 17.0 Å². The van der Waals surface area contributed by atoms with Gasteiger partial charge in [0.15, 0.2) is 0 Å². The van der Waals surface area contributed by atoms with Gasteiger partial charge in [0.1, 0.15) is 0 Å². The molecule has 2 aliphatic rings. The summed E-state index contributed by atoms with van der Waals surface area (Å²) >= 11 is 0. The minimum atomic E-state index is -0.862. The number of amides is 1. The third kappa shape index (κ3) is 2.46. The molecule has 21 heavy (non-hydrogen) atoms. The smallest absolute Gasteiger partial charge is 0.307 e. The van der Waals surface area contributed by atoms with Gasteiger partial charge in [-0.15, -0.1) is 0 Å². The zero-order valence-electron chi connectivity index (χ0n) is 11.9. The normalized spacial score (nSPS) is 31.1. The number of rotatable bonds is 4. The molecular weight excluding hydrogens is 266 g/mol. The molecule has 1 aromatic rings. The molecule has 0 aromatic heterocycles. The molecule has 4 nitrogen and oxygen atoms in total. The molecule has 0 saturated heterocycles. The summed E-state index contributed by atoms with van der Waals surface area (Å²) in [5.41, 5.74) is 1.02. The number of carbonyl (C=O) groups excluding carboxylic acids is 1. The molecule has 5 atom stereocenters. The molecule has 1 aromatic carbocycles. The fraction of sp³-hybridized carbons (Fsp3) is 0.412. The van der Waals surface area contributed by atoms with Gasteiger partial charge in [-0.25, -0.2) is 0 Å². The van der Waals surface area contributed by atoms with Crippen LogP contribution in [0.2, 0.25) is 0 Å². The molecular formula is C17H19NO3. The Labute approximate surface area is 123 Å². The van der Waals surface area contributed by atoms with Crippen LogP contribution in [0.15, 0.2) is 42.5 Å². The second kappa shape index (κ2) is 5.35. The van der Waals surface area contributed by atoms with E-state index in [1.807, 2.05) is 49.4 Å². The first kappa shape index (κ1) is 13.9. The monoisotopic (exact) mass is 285 g/mol. The third-order valence-corrected chi connectivity index (χ3v) is 4.71. The van der Waals surface area contributed by atoms with E-state index < -0.39 is 17.8 Å². The highest BCUT2D eigenvalue weighted by molar-refractivity contribution is 5.87. The minimum absolute atomic E-state index is 0.00952. The quantitative estimate of drug-likeness (QED) is 0.835. The highest BCUT2D eigenvalue weighted by atomic mass is 16.4. The van der Waals surface area contributed by atoms with Crippen molar-refractivity contribution in [3.63, 3.8) is 0 Å². The number of fused-ring (bicyclic) bond motifs is 2. The second-order valence-corrected chi connectivity index (χ2v) is 5.98. The zero-order valence-corrected chi connectivity index (χ0v) is 11.9. The average molecular weight is 285 g/mol. The first-order valence-corrected chi connectivity index (χ1v) is 7.34. The van der Waals surface area contributed by atoms with Crippen molar-refractivity contribution in [2.24, 2.45) is 23.7 Å². The van der Waals surface area contributed by atoms with Crippen molar-refractivity contribution in [2.75, 3.05) is 0 Å². The largest absolute Gasteiger partial charge is 0.481 e. The van der Waals surface area contributed by atoms with Crippen LogP contribution in [0.3, 0.4) is 0 Å². The number of carbonyl (C=O) groups is 2. The molecule has 0 aliphatic heterocycles. The summed E-state index contributed by atoms with van der Waals surface area (Å²) in [5.74, 6) is -1.95. The van der Waals surface area contributed by atoms with Crippen LogP contribution in [-0.2, 0) is 9.59 Å². The summed E-state index contributed by atoms with van der Waals surface area (Å²) in [4.78, 5) is 24.0. The van der Waals surface area contributed by atoms with E-state index in [9.17, 15) is 14.7 Å². The van der Waals surface area contributed by atoms with Gasteiger partial charge in [0.05, 0.1) is 17.9 Å². The van der Waals surface area contributed by atoms with E-state index in [1.54, 1.807) is 0 Å². The Morgan fingerprint density at radius 2 is 1.76 bits per heavy atom. The summed E-state index contributed by atoms with van der Waals surface area (Å²) in [7, 11) is 0. The van der Waals surface area contributed by atoms with E-state index in [2.05, 4.69) is 5.32 Å². The predicted octanol–water partition coefficient (Wildman–Crippen LogP) is 2.39. The first-order chi connectivity index (χ1) is 10.1. The Hall–Kier alpha value is -2.10. The van der Waals surface area contributed by atoms with Gasteiger partial charge in [-0.2, -0.15) is 0 Å². The maximum atomic E-state index is 12.5. The number of allylic oxidation sites excluding steroid dienone is 2. The van der Waals surface area contributed by atoms with Crippen molar-refractivity contribution in [3.05, 3.63) is 48.0 Å². The van der Waals surface area contributed by atoms with Crippen LogP contribution >= 0.6 is 0 Å². The average Bonchev–Trinajstić information content (AvgIpc) is 3.08. The third-order valence-electron chi connectivity index (χ3n) is 4.71. The van der Waals surface area contributed by atoms with Gasteiger partial charge in [0, 0.05) is 0 Å². The lowest BCUT2D eigenvalue weighted by molar-refractivity contribution is -0.148. The molecule has 0 heterocycles. The number of nitrogens with one attached hydrogen (secondary N) is 1. The first-order valence-electron chi connectivity index (χ1n) is 7.34. The molecule has 0 spiro atoms. The number of aliphatic carboxylic acids is 1. The van der Waals surface area contributed by atoms with Crippen molar-refractivity contribution >= 4 is 11.9 Å². The highest BCUT2D eigenvalue weighted by Gasteiger charge is 2.51. The van der Waals surface area contributed by atoms with Crippen molar-refractivity contribution in [1.82, 2.24) is 5.32 Å². The maximum Gasteiger partial charge on any atom is 0.307 e. The lowest BCUT2D eigenvalue weighted by Gasteiger charge is -2.25. The van der Waals surface area contributed by atoms with E-state index in [4.69, 9.17) is 0 Å². The fourth-order valence-electron chi connectivity index (χ4n) is 3.65. The molecule has 4 heteroatoms. The maximum absolute atomic E-state index is 12.5. The van der Waals surface area contributed by atoms with Gasteiger partial charge in [-0.1, -0.05) is 42.5 Å². The molecule has 1 fully saturated rings. The second-order valence-electron chi connectivity index (χ2n) is 5.98. The van der Waals surface area contributed by atoms with Crippen molar-refractivity contribution in [2.45, 2.75) is 19.4 Å². The molecule has 110 valence electrons. The van der Waals surface area contributed by atoms with E-state index in [-0.39, 0.29) is 23.8 Å². The molecule has 2 bridgehead atoms. The molecule has 1 saturated carbocycles. The number of hydrogen-bond donors (Lipinski definition) is 2. The summed E-state index contributed by atoms with van der Waals surface area (Å²) in [6.07, 6.45) is 4.74. The molecule has 2 N–H and O–H groups in total. The van der Waals surface area contributed by atoms with Crippen LogP contribution in [0.25, 0.3) is 0 Å². The summed E-state index contributed by atoms with van der Waals surface area (Å²) in [6.45, 7) is 1.92. The van der Waals surface area contributed by atoms with Crippen molar-refractivity contribution in [1.29, 1.82) is 0 Å². The number of carboxylic acids is 1. The number of benzene rings is 1.